The molecule has 1 aromatic carbocycles. The van der Waals surface area contributed by atoms with Crippen LogP contribution in [0.4, 0.5) is 0 Å². The highest BCUT2D eigenvalue weighted by Crippen LogP contribution is 2.33. The van der Waals surface area contributed by atoms with Crippen molar-refractivity contribution in [3.8, 4) is 0 Å². The van der Waals surface area contributed by atoms with Gasteiger partial charge in [-0.3, -0.25) is 34.3 Å². The number of imide groups is 2. The number of likely N-dealkylation sites (tertiary alicyclic amines) is 1. The van der Waals surface area contributed by atoms with Crippen molar-refractivity contribution in [2.24, 2.45) is 11.1 Å². The van der Waals surface area contributed by atoms with Gasteiger partial charge in [0.05, 0.1) is 11.1 Å². The molecule has 3 aliphatic heterocycles. The van der Waals surface area contributed by atoms with Crippen molar-refractivity contribution in [3.63, 3.8) is 0 Å². The monoisotopic (exact) mass is 398 g/mol. The molecule has 2 fully saturated rings. The van der Waals surface area contributed by atoms with Gasteiger partial charge in [0.25, 0.3) is 11.8 Å². The van der Waals surface area contributed by atoms with Crippen LogP contribution in [-0.4, -0.2) is 59.1 Å². The normalized spacial score (nSPS) is 27.9. The van der Waals surface area contributed by atoms with Crippen molar-refractivity contribution in [1.29, 1.82) is 0 Å². The van der Waals surface area contributed by atoms with Crippen LogP contribution in [0.5, 0.6) is 0 Å². The van der Waals surface area contributed by atoms with Crippen molar-refractivity contribution < 1.29 is 19.2 Å². The number of hydrogen-bond acceptors (Lipinski definition) is 6. The van der Waals surface area contributed by atoms with Crippen molar-refractivity contribution in [3.05, 3.63) is 34.9 Å². The fourth-order valence-corrected chi connectivity index (χ4v) is 4.69. The van der Waals surface area contributed by atoms with E-state index in [9.17, 15) is 19.2 Å². The zero-order valence-corrected chi connectivity index (χ0v) is 16.6. The van der Waals surface area contributed by atoms with Gasteiger partial charge in [-0.2, -0.15) is 0 Å². The van der Waals surface area contributed by atoms with E-state index in [0.29, 0.717) is 24.2 Å². The summed E-state index contributed by atoms with van der Waals surface area (Å²) in [6, 6.07) is 4.33. The summed E-state index contributed by atoms with van der Waals surface area (Å²) in [4.78, 5) is 53.1. The Morgan fingerprint density at radius 1 is 1.21 bits per heavy atom. The Morgan fingerprint density at radius 3 is 2.72 bits per heavy atom. The molecule has 4 rings (SSSR count). The molecule has 0 bridgehead atoms. The molecule has 3 N–H and O–H groups in total. The lowest BCUT2D eigenvalue weighted by molar-refractivity contribution is -0.136. The van der Waals surface area contributed by atoms with E-state index in [0.717, 1.165) is 36.4 Å². The van der Waals surface area contributed by atoms with E-state index in [2.05, 4.69) is 17.1 Å². The molecule has 3 aliphatic rings. The smallest absolute Gasteiger partial charge is 0.262 e. The number of nitrogens with zero attached hydrogens (tertiary/aromatic N) is 2. The van der Waals surface area contributed by atoms with E-state index in [-0.39, 0.29) is 24.2 Å². The lowest BCUT2D eigenvalue weighted by Crippen LogP contribution is -2.54. The van der Waals surface area contributed by atoms with Gasteiger partial charge in [-0.25, -0.2) is 0 Å². The Kier molecular flexibility index (Phi) is 5.00. The molecule has 1 aromatic rings. The highest BCUT2D eigenvalue weighted by Gasteiger charge is 2.45. The topological polar surface area (TPSA) is 113 Å². The predicted octanol–water partition coefficient (Wildman–Crippen LogP) is 0.649. The zero-order chi connectivity index (χ0) is 20.8. The number of piperidine rings is 2. The summed E-state index contributed by atoms with van der Waals surface area (Å²) in [7, 11) is 0. The Labute approximate surface area is 169 Å². The third kappa shape index (κ3) is 3.47. The maximum atomic E-state index is 13.2. The maximum absolute atomic E-state index is 13.2. The zero-order valence-electron chi connectivity index (χ0n) is 16.6. The summed E-state index contributed by atoms with van der Waals surface area (Å²) in [6.07, 6.45) is 2.39. The van der Waals surface area contributed by atoms with Gasteiger partial charge in [0, 0.05) is 19.5 Å². The number of rotatable bonds is 4. The first-order valence-electron chi connectivity index (χ1n) is 10.1. The Hall–Kier alpha value is -2.58. The minimum Gasteiger partial charge on any atom is -0.330 e. The van der Waals surface area contributed by atoms with Gasteiger partial charge < -0.3 is 5.73 Å². The molecule has 0 spiro atoms. The molecule has 0 aliphatic carbocycles. The molecule has 0 radical (unpaired) electrons. The SMILES string of the molecule is CC1(CN)CCCN(Cc2cccc3c2C(=O)N(C2CCC(=O)NC2=O)C3=O)C1. The molecule has 3 heterocycles. The van der Waals surface area contributed by atoms with E-state index >= 15 is 0 Å². The molecule has 2 saturated heterocycles. The maximum Gasteiger partial charge on any atom is 0.262 e. The second-order valence-corrected chi connectivity index (χ2v) is 8.62. The van der Waals surface area contributed by atoms with Crippen LogP contribution in [0, 0.1) is 5.41 Å². The molecule has 0 saturated carbocycles. The first-order chi connectivity index (χ1) is 13.8. The lowest BCUT2D eigenvalue weighted by atomic mass is 9.82. The van der Waals surface area contributed by atoms with Gasteiger partial charge in [-0.15, -0.1) is 0 Å². The van der Waals surface area contributed by atoms with Crippen LogP contribution in [0.2, 0.25) is 0 Å². The number of carbonyl (C=O) groups is 4. The molecule has 154 valence electrons. The highest BCUT2D eigenvalue weighted by molar-refractivity contribution is 6.24. The molecule has 2 unspecified atom stereocenters. The average molecular weight is 398 g/mol. The molecule has 29 heavy (non-hydrogen) atoms. The van der Waals surface area contributed by atoms with Crippen LogP contribution < -0.4 is 11.1 Å². The fraction of sp³-hybridized carbons (Fsp3) is 0.524. The quantitative estimate of drug-likeness (QED) is 0.720. The molecular weight excluding hydrogens is 372 g/mol. The van der Waals surface area contributed by atoms with Crippen LogP contribution in [0.15, 0.2) is 18.2 Å². The van der Waals surface area contributed by atoms with E-state index in [1.165, 1.54) is 0 Å². The van der Waals surface area contributed by atoms with Crippen molar-refractivity contribution in [2.75, 3.05) is 19.6 Å². The van der Waals surface area contributed by atoms with Crippen LogP contribution in [0.1, 0.15) is 58.9 Å². The van der Waals surface area contributed by atoms with Crippen molar-refractivity contribution in [2.45, 2.75) is 45.2 Å². The number of nitrogens with one attached hydrogen (secondary N) is 1. The standard InChI is InChI=1S/C21H26N4O4/c1-21(11-22)8-3-9-24(12-21)10-13-4-2-5-14-17(13)20(29)25(19(14)28)15-6-7-16(26)23-18(15)27/h2,4-5,15H,3,6-12,22H2,1H3,(H,23,26,27). The summed E-state index contributed by atoms with van der Waals surface area (Å²) in [6.45, 7) is 5.09. The molecule has 8 nitrogen and oxygen atoms in total. The largest absolute Gasteiger partial charge is 0.330 e. The minimum atomic E-state index is -0.941. The molecule has 4 amide bonds. The lowest BCUT2D eigenvalue weighted by Gasteiger charge is -2.40. The van der Waals surface area contributed by atoms with Gasteiger partial charge in [-0.1, -0.05) is 19.1 Å². The third-order valence-electron chi connectivity index (χ3n) is 6.30. The van der Waals surface area contributed by atoms with Gasteiger partial charge in [0.15, 0.2) is 0 Å². The predicted molar refractivity (Wildman–Crippen MR) is 105 cm³/mol. The minimum absolute atomic E-state index is 0.0504. The number of fused-ring (bicyclic) bond motifs is 1. The first kappa shape index (κ1) is 19.7. The van der Waals surface area contributed by atoms with E-state index < -0.39 is 23.8 Å². The second kappa shape index (κ2) is 7.35. The Balaban J connectivity index is 1.60. The van der Waals surface area contributed by atoms with E-state index in [4.69, 9.17) is 5.73 Å². The summed E-state index contributed by atoms with van der Waals surface area (Å²) < 4.78 is 0. The van der Waals surface area contributed by atoms with Gasteiger partial charge in [-0.05, 0) is 49.4 Å². The second-order valence-electron chi connectivity index (χ2n) is 8.62. The van der Waals surface area contributed by atoms with Gasteiger partial charge in [0.1, 0.15) is 6.04 Å². The van der Waals surface area contributed by atoms with Crippen LogP contribution in [-0.2, 0) is 16.1 Å². The van der Waals surface area contributed by atoms with Crippen molar-refractivity contribution >= 4 is 23.6 Å². The Bertz CT molecular complexity index is 899. The highest BCUT2D eigenvalue weighted by atomic mass is 16.2. The Morgan fingerprint density at radius 2 is 2.00 bits per heavy atom. The molecule has 0 aromatic heterocycles. The number of carbonyl (C=O) groups excluding carboxylic acids is 4. The molecule has 8 heteroatoms. The summed E-state index contributed by atoms with van der Waals surface area (Å²) in [5.41, 5.74) is 7.50. The average Bonchev–Trinajstić information content (AvgIpc) is 2.94. The van der Waals surface area contributed by atoms with Crippen molar-refractivity contribution in [1.82, 2.24) is 15.1 Å². The fourth-order valence-electron chi connectivity index (χ4n) is 4.69. The summed E-state index contributed by atoms with van der Waals surface area (Å²) in [5, 5.41) is 2.23. The van der Waals surface area contributed by atoms with Crippen LogP contribution in [0.3, 0.4) is 0 Å². The first-order valence-corrected chi connectivity index (χ1v) is 10.1. The van der Waals surface area contributed by atoms with Crippen LogP contribution in [0.25, 0.3) is 0 Å². The number of benzene rings is 1. The summed E-state index contributed by atoms with van der Waals surface area (Å²) in [5.74, 6) is -1.89. The van der Waals surface area contributed by atoms with Gasteiger partial charge >= 0.3 is 0 Å². The molecule has 2 atom stereocenters. The number of amides is 4. The number of hydrogen-bond donors (Lipinski definition) is 2. The van der Waals surface area contributed by atoms with E-state index in [1.807, 2.05) is 6.07 Å². The number of nitrogens with two attached hydrogens (primary N) is 1. The van der Waals surface area contributed by atoms with Gasteiger partial charge in [0.2, 0.25) is 11.8 Å². The van der Waals surface area contributed by atoms with Crippen LogP contribution >= 0.6 is 0 Å². The third-order valence-corrected chi connectivity index (χ3v) is 6.30. The molecular formula is C21H26N4O4. The van der Waals surface area contributed by atoms with E-state index in [1.54, 1.807) is 12.1 Å². The summed E-state index contributed by atoms with van der Waals surface area (Å²) >= 11 is 0.